The molecular weight excluding hydrogens is 482 g/mol. The van der Waals surface area contributed by atoms with E-state index in [1.54, 1.807) is 0 Å². The van der Waals surface area contributed by atoms with Crippen molar-refractivity contribution in [1.82, 2.24) is 0 Å². The maximum atomic E-state index is 10.9. The van der Waals surface area contributed by atoms with Gasteiger partial charge in [-0.15, -0.1) is 0 Å². The number of aliphatic hydroxyl groups excluding tert-OH is 1. The van der Waals surface area contributed by atoms with E-state index in [0.717, 1.165) is 31.2 Å². The number of hydrogen-bond donors (Lipinski definition) is 2. The summed E-state index contributed by atoms with van der Waals surface area (Å²) in [5.41, 5.74) is 7.09. The van der Waals surface area contributed by atoms with Gasteiger partial charge in [0.2, 0.25) is 0 Å². The minimum absolute atomic E-state index is 0.293. The third-order valence-corrected chi connectivity index (χ3v) is 7.41. The molecule has 4 aliphatic heterocycles. The number of hydrogen-bond acceptors (Lipinski definition) is 10. The molecule has 0 amide bonds. The number of fused-ring (bicyclic) bond motifs is 3. The molecule has 4 fully saturated rings. The highest BCUT2D eigenvalue weighted by molar-refractivity contribution is 5.16. The normalized spacial score (nSPS) is 41.5. The van der Waals surface area contributed by atoms with Crippen LogP contribution in [0.2, 0.25) is 0 Å². The van der Waals surface area contributed by atoms with Gasteiger partial charge in [-0.2, -0.15) is 0 Å². The van der Waals surface area contributed by atoms with Gasteiger partial charge in [0.05, 0.1) is 19.3 Å². The molecular formula is C27H41NO9. The zero-order chi connectivity index (χ0) is 25.8. The summed E-state index contributed by atoms with van der Waals surface area (Å²) in [6.07, 6.45) is -2.26. The van der Waals surface area contributed by atoms with Crippen molar-refractivity contribution < 1.29 is 43.0 Å². The molecule has 0 spiro atoms. The summed E-state index contributed by atoms with van der Waals surface area (Å²) in [6.45, 7) is 5.91. The van der Waals surface area contributed by atoms with E-state index in [1.165, 1.54) is 0 Å². The monoisotopic (exact) mass is 523 g/mol. The summed E-state index contributed by atoms with van der Waals surface area (Å²) in [5.74, 6) is 0. The quantitative estimate of drug-likeness (QED) is 0.417. The van der Waals surface area contributed by atoms with Crippen molar-refractivity contribution in [2.75, 3.05) is 26.4 Å². The Kier molecular flexibility index (Phi) is 9.46. The SMILES string of the molecule is CCCCOC1[C@H](OCCCC)[C@H](O[C@@H]2C3CO[C@H](O3)[C@@H](N)C2O)O[C@H]2COC(c3ccccc3)O[C@@H]12. The molecule has 10 heteroatoms. The Morgan fingerprint density at radius 2 is 1.57 bits per heavy atom. The second-order valence-electron chi connectivity index (χ2n) is 10.1. The van der Waals surface area contributed by atoms with Gasteiger partial charge in [0.25, 0.3) is 0 Å². The first-order valence-electron chi connectivity index (χ1n) is 13.7. The van der Waals surface area contributed by atoms with Gasteiger partial charge in [-0.1, -0.05) is 57.0 Å². The second-order valence-corrected chi connectivity index (χ2v) is 10.1. The lowest BCUT2D eigenvalue weighted by Crippen LogP contribution is -2.66. The van der Waals surface area contributed by atoms with Crippen LogP contribution in [0.4, 0.5) is 0 Å². The number of nitrogens with two attached hydrogens (primary N) is 1. The maximum absolute atomic E-state index is 10.9. The Labute approximate surface area is 218 Å². The van der Waals surface area contributed by atoms with Gasteiger partial charge < -0.3 is 48.7 Å². The summed E-state index contributed by atoms with van der Waals surface area (Å²) >= 11 is 0. The number of rotatable bonds is 11. The van der Waals surface area contributed by atoms with Crippen LogP contribution < -0.4 is 5.73 Å². The fourth-order valence-corrected chi connectivity index (χ4v) is 5.27. The predicted octanol–water partition coefficient (Wildman–Crippen LogP) is 2.02. The van der Waals surface area contributed by atoms with E-state index in [1.807, 2.05) is 30.3 Å². The zero-order valence-corrected chi connectivity index (χ0v) is 21.7. The van der Waals surface area contributed by atoms with Gasteiger partial charge in [0.1, 0.15) is 42.7 Å². The van der Waals surface area contributed by atoms with Crippen molar-refractivity contribution in [3.63, 3.8) is 0 Å². The minimum atomic E-state index is -0.968. The van der Waals surface area contributed by atoms with Gasteiger partial charge in [-0.05, 0) is 12.8 Å². The molecule has 0 saturated carbocycles. The van der Waals surface area contributed by atoms with Crippen LogP contribution in [0.1, 0.15) is 51.4 Å². The van der Waals surface area contributed by atoms with Crippen molar-refractivity contribution in [3.8, 4) is 0 Å². The average molecular weight is 524 g/mol. The molecule has 1 aromatic rings. The van der Waals surface area contributed by atoms with Gasteiger partial charge in [0.15, 0.2) is 18.9 Å². The topological polar surface area (TPSA) is 120 Å². The molecule has 4 aliphatic rings. The highest BCUT2D eigenvalue weighted by Gasteiger charge is 2.55. The molecule has 2 bridgehead atoms. The molecule has 5 rings (SSSR count). The zero-order valence-electron chi connectivity index (χ0n) is 21.7. The van der Waals surface area contributed by atoms with Crippen LogP contribution in [0.5, 0.6) is 0 Å². The first-order chi connectivity index (χ1) is 18.1. The van der Waals surface area contributed by atoms with Crippen molar-refractivity contribution in [3.05, 3.63) is 35.9 Å². The molecule has 4 saturated heterocycles. The molecule has 3 N–H and O–H groups in total. The number of aliphatic hydroxyl groups is 1. The Morgan fingerprint density at radius 1 is 0.865 bits per heavy atom. The number of benzene rings is 1. The number of ether oxygens (including phenoxy) is 8. The van der Waals surface area contributed by atoms with Crippen molar-refractivity contribution in [2.45, 2.75) is 107 Å². The molecule has 10 nitrogen and oxygen atoms in total. The van der Waals surface area contributed by atoms with E-state index in [4.69, 9.17) is 43.6 Å². The Bertz CT molecular complexity index is 831. The smallest absolute Gasteiger partial charge is 0.187 e. The van der Waals surface area contributed by atoms with Crippen LogP contribution in [0.3, 0.4) is 0 Å². The van der Waals surface area contributed by atoms with Crippen LogP contribution in [-0.2, 0) is 37.9 Å². The summed E-state index contributed by atoms with van der Waals surface area (Å²) in [4.78, 5) is 0. The molecule has 37 heavy (non-hydrogen) atoms. The summed E-state index contributed by atoms with van der Waals surface area (Å²) in [6, 6.07) is 9.12. The molecule has 0 radical (unpaired) electrons. The van der Waals surface area contributed by atoms with Crippen LogP contribution >= 0.6 is 0 Å². The van der Waals surface area contributed by atoms with Gasteiger partial charge in [0, 0.05) is 18.8 Å². The molecule has 4 unspecified atom stereocenters. The van der Waals surface area contributed by atoms with E-state index >= 15 is 0 Å². The summed E-state index contributed by atoms with van der Waals surface area (Å²) < 4.78 is 49.6. The molecule has 208 valence electrons. The average Bonchev–Trinajstić information content (AvgIpc) is 3.38. The largest absolute Gasteiger partial charge is 0.388 e. The Hall–Kier alpha value is -1.18. The van der Waals surface area contributed by atoms with Gasteiger partial charge in [-0.25, -0.2) is 0 Å². The van der Waals surface area contributed by atoms with Crippen LogP contribution in [0, 0.1) is 0 Å². The first-order valence-corrected chi connectivity index (χ1v) is 13.7. The fourth-order valence-electron chi connectivity index (χ4n) is 5.27. The Balaban J connectivity index is 1.38. The standard InChI is InChI=1S/C27H41NO9/c1-3-5-12-30-23-22-18(15-32-25(37-22)16-10-8-7-9-11-16)35-27(24(23)31-13-6-4-2)36-21-17-14-33-26(34-17)19(28)20(21)29/h7-11,17-27,29H,3-6,12-15,28H2,1-2H3/t17?,18-,19-,20?,21+,22+,23?,24-,25?,26+,27-/m0/s1. The van der Waals surface area contributed by atoms with Crippen LogP contribution in [0.15, 0.2) is 30.3 Å². The van der Waals surface area contributed by atoms with Crippen molar-refractivity contribution in [1.29, 1.82) is 0 Å². The lowest BCUT2D eigenvalue weighted by atomic mass is 9.96. The van der Waals surface area contributed by atoms with Crippen molar-refractivity contribution in [2.24, 2.45) is 5.73 Å². The minimum Gasteiger partial charge on any atom is -0.388 e. The van der Waals surface area contributed by atoms with Crippen LogP contribution in [0.25, 0.3) is 0 Å². The maximum Gasteiger partial charge on any atom is 0.187 e. The van der Waals surface area contributed by atoms with Crippen molar-refractivity contribution >= 4 is 0 Å². The molecule has 0 aromatic heterocycles. The Morgan fingerprint density at radius 3 is 2.30 bits per heavy atom. The second kappa shape index (κ2) is 12.8. The van der Waals surface area contributed by atoms with Gasteiger partial charge >= 0.3 is 0 Å². The van der Waals surface area contributed by atoms with E-state index in [2.05, 4.69) is 13.8 Å². The van der Waals surface area contributed by atoms with Crippen LogP contribution in [-0.4, -0.2) is 92.9 Å². The van der Waals surface area contributed by atoms with E-state index < -0.39 is 67.6 Å². The molecule has 0 aliphatic carbocycles. The third-order valence-electron chi connectivity index (χ3n) is 7.41. The van der Waals surface area contributed by atoms with Gasteiger partial charge in [-0.3, -0.25) is 0 Å². The summed E-state index contributed by atoms with van der Waals surface area (Å²) in [5, 5.41) is 10.9. The molecule has 4 heterocycles. The molecule has 1 aromatic carbocycles. The van der Waals surface area contributed by atoms with E-state index in [0.29, 0.717) is 26.4 Å². The number of unbranched alkanes of at least 4 members (excludes halogenated alkanes) is 2. The lowest BCUT2D eigenvalue weighted by Gasteiger charge is -2.50. The highest BCUT2D eigenvalue weighted by atomic mass is 16.8. The van der Waals surface area contributed by atoms with E-state index in [9.17, 15) is 5.11 Å². The highest BCUT2D eigenvalue weighted by Crippen LogP contribution is 2.38. The lowest BCUT2D eigenvalue weighted by molar-refractivity contribution is -0.382. The molecule has 11 atom stereocenters. The predicted molar refractivity (Wildman–Crippen MR) is 131 cm³/mol. The fraction of sp³-hybridized carbons (Fsp3) is 0.778. The van der Waals surface area contributed by atoms with E-state index in [-0.39, 0.29) is 0 Å². The first kappa shape index (κ1) is 27.4. The third kappa shape index (κ3) is 6.04. The summed E-state index contributed by atoms with van der Waals surface area (Å²) in [7, 11) is 0.